The molecule has 0 aliphatic carbocycles. The summed E-state index contributed by atoms with van der Waals surface area (Å²) in [5.74, 6) is 0.145. The fourth-order valence-corrected chi connectivity index (χ4v) is 2.04. The summed E-state index contributed by atoms with van der Waals surface area (Å²) >= 11 is 5.80. The Morgan fingerprint density at radius 2 is 1.76 bits per heavy atom. The van der Waals surface area contributed by atoms with Gasteiger partial charge in [0.25, 0.3) is 0 Å². The summed E-state index contributed by atoms with van der Waals surface area (Å²) in [4.78, 5) is 16.4. The van der Waals surface area contributed by atoms with Crippen LogP contribution in [0.2, 0.25) is 5.02 Å². The monoisotopic (exact) mass is 393 g/mol. The van der Waals surface area contributed by atoms with Crippen molar-refractivity contribution in [3.63, 3.8) is 0 Å². The molecule has 0 saturated heterocycles. The van der Waals surface area contributed by atoms with Crippen LogP contribution in [0.25, 0.3) is 0 Å². The fraction of sp³-hybridized carbons (Fsp3) is 0.235. The molecule has 0 aliphatic rings. The Kier molecular flexibility index (Phi) is 11.8. The average molecular weight is 394 g/mol. The van der Waals surface area contributed by atoms with E-state index in [0.29, 0.717) is 16.5 Å². The van der Waals surface area contributed by atoms with E-state index in [0.717, 1.165) is 0 Å². The van der Waals surface area contributed by atoms with Crippen molar-refractivity contribution in [2.75, 3.05) is 18.2 Å². The van der Waals surface area contributed by atoms with Gasteiger partial charge in [-0.3, -0.25) is 4.79 Å². The number of aliphatic hydroxyl groups is 1. The maximum absolute atomic E-state index is 11.2. The van der Waals surface area contributed by atoms with E-state index in [1.165, 1.54) is 12.0 Å². The largest absolute Gasteiger partial charge is 0.491 e. The quantitative estimate of drug-likeness (QED) is 0.572. The molecule has 0 aromatic heterocycles. The van der Waals surface area contributed by atoms with Gasteiger partial charge in [0.15, 0.2) is 0 Å². The number of rotatable bonds is 7. The molecule has 2 aromatic rings. The first kappa shape index (κ1) is 24.0. The number of benzene rings is 2. The minimum atomic E-state index is -0.842. The normalized spacial score (nSPS) is 10.7. The number of carbonyl (C=O) groups excluding carboxylic acids is 1. The summed E-state index contributed by atoms with van der Waals surface area (Å²) in [5, 5.41) is 12.1. The Morgan fingerprint density at radius 1 is 1.16 bits per heavy atom. The molecule has 2 radical (unpaired) electrons. The molecule has 0 fully saturated rings. The average Bonchev–Trinajstić information content (AvgIpc) is 2.54. The van der Waals surface area contributed by atoms with Crippen molar-refractivity contribution in [3.8, 4) is 5.75 Å². The van der Waals surface area contributed by atoms with Crippen molar-refractivity contribution in [3.05, 3.63) is 59.6 Å². The predicted octanol–water partition coefficient (Wildman–Crippen LogP) is 1.86. The van der Waals surface area contributed by atoms with Crippen LogP contribution in [-0.2, 0) is 9.63 Å². The van der Waals surface area contributed by atoms with Gasteiger partial charge in [0, 0.05) is 49.7 Å². The Morgan fingerprint density at radius 3 is 2.32 bits per heavy atom. The number of para-hydroxylation sites is 1. The van der Waals surface area contributed by atoms with Crippen LogP contribution in [0.4, 0.5) is 5.69 Å². The zero-order valence-electron chi connectivity index (χ0n) is 13.9. The zero-order valence-corrected chi connectivity index (χ0v) is 16.9. The molecule has 0 spiro atoms. The SMILES string of the molecule is CC(=O)ON(CC(O)COc1ccc(Cl)cc1)c1ccccc1.O.[Ca]. The predicted molar refractivity (Wildman–Crippen MR) is 97.9 cm³/mol. The van der Waals surface area contributed by atoms with Crippen LogP contribution >= 0.6 is 11.6 Å². The van der Waals surface area contributed by atoms with Crippen LogP contribution in [-0.4, -0.2) is 73.5 Å². The zero-order chi connectivity index (χ0) is 16.7. The number of hydrogen-bond donors (Lipinski definition) is 1. The van der Waals surface area contributed by atoms with Crippen LogP contribution in [0.5, 0.6) is 5.75 Å². The summed E-state index contributed by atoms with van der Waals surface area (Å²) < 4.78 is 5.49. The van der Waals surface area contributed by atoms with Gasteiger partial charge in [-0.15, -0.1) is 0 Å². The van der Waals surface area contributed by atoms with Crippen molar-refractivity contribution in [1.29, 1.82) is 0 Å². The summed E-state index contributed by atoms with van der Waals surface area (Å²) in [5.41, 5.74) is 0.674. The molecule has 6 nitrogen and oxygen atoms in total. The third-order valence-corrected chi connectivity index (χ3v) is 3.17. The molecule has 132 valence electrons. The van der Waals surface area contributed by atoms with E-state index in [9.17, 15) is 9.90 Å². The second-order valence-corrected chi connectivity index (χ2v) is 5.33. The molecular formula is C17H20CaClNO5. The molecule has 0 bridgehead atoms. The number of anilines is 1. The van der Waals surface area contributed by atoms with E-state index >= 15 is 0 Å². The van der Waals surface area contributed by atoms with E-state index in [1.54, 1.807) is 36.4 Å². The fourth-order valence-electron chi connectivity index (χ4n) is 1.91. The molecule has 8 heteroatoms. The van der Waals surface area contributed by atoms with Crippen molar-refractivity contribution < 1.29 is 25.0 Å². The minimum Gasteiger partial charge on any atom is -0.491 e. The van der Waals surface area contributed by atoms with Gasteiger partial charge in [-0.2, -0.15) is 0 Å². The van der Waals surface area contributed by atoms with E-state index < -0.39 is 12.1 Å². The van der Waals surface area contributed by atoms with Crippen LogP contribution in [0.1, 0.15) is 6.92 Å². The second-order valence-electron chi connectivity index (χ2n) is 4.90. The van der Waals surface area contributed by atoms with Crippen molar-refractivity contribution in [2.45, 2.75) is 13.0 Å². The van der Waals surface area contributed by atoms with Gasteiger partial charge in [-0.1, -0.05) is 29.8 Å². The van der Waals surface area contributed by atoms with Gasteiger partial charge in [-0.25, -0.2) is 5.06 Å². The van der Waals surface area contributed by atoms with Gasteiger partial charge in [0.2, 0.25) is 0 Å². The molecule has 0 heterocycles. The molecule has 25 heavy (non-hydrogen) atoms. The summed E-state index contributed by atoms with van der Waals surface area (Å²) in [6.45, 7) is 1.47. The van der Waals surface area contributed by atoms with Crippen LogP contribution in [0, 0.1) is 0 Å². The van der Waals surface area contributed by atoms with Gasteiger partial charge in [-0.05, 0) is 36.4 Å². The third-order valence-electron chi connectivity index (χ3n) is 2.92. The van der Waals surface area contributed by atoms with Gasteiger partial charge in [0.05, 0.1) is 12.2 Å². The Hall–Kier alpha value is -1.02. The number of nitrogens with zero attached hydrogens (tertiary/aromatic N) is 1. The van der Waals surface area contributed by atoms with Crippen molar-refractivity contribution >= 4 is 61.0 Å². The van der Waals surface area contributed by atoms with E-state index in [4.69, 9.17) is 21.2 Å². The Bertz CT molecular complexity index is 627. The summed E-state index contributed by atoms with van der Waals surface area (Å²) in [6, 6.07) is 15.9. The van der Waals surface area contributed by atoms with Crippen LogP contribution in [0.3, 0.4) is 0 Å². The topological polar surface area (TPSA) is 90.5 Å². The summed E-state index contributed by atoms with van der Waals surface area (Å²) in [6.07, 6.45) is -0.842. The maximum atomic E-state index is 11.2. The molecule has 2 rings (SSSR count). The van der Waals surface area contributed by atoms with Gasteiger partial charge >= 0.3 is 5.97 Å². The standard InChI is InChI=1S/C17H18ClNO4.Ca.H2O/c1-13(20)23-19(15-5-3-2-4-6-15)11-16(21)12-22-17-9-7-14(18)8-10-17;;/h2-10,16,21H,11-12H2,1H3;;1H2. The minimum absolute atomic E-state index is 0. The van der Waals surface area contributed by atoms with Gasteiger partial charge in [0.1, 0.15) is 18.5 Å². The number of aliphatic hydroxyl groups excluding tert-OH is 1. The smallest absolute Gasteiger partial charge is 0.329 e. The molecule has 1 unspecified atom stereocenters. The Labute approximate surface area is 181 Å². The van der Waals surface area contributed by atoms with Gasteiger partial charge < -0.3 is 20.2 Å². The second kappa shape index (κ2) is 12.4. The maximum Gasteiger partial charge on any atom is 0.329 e. The first-order chi connectivity index (χ1) is 11.0. The third kappa shape index (κ3) is 8.76. The molecule has 2 aromatic carbocycles. The number of ether oxygens (including phenoxy) is 1. The number of hydrogen-bond acceptors (Lipinski definition) is 5. The number of carbonyl (C=O) groups is 1. The van der Waals surface area contributed by atoms with Crippen molar-refractivity contribution in [2.24, 2.45) is 0 Å². The van der Waals surface area contributed by atoms with E-state index in [2.05, 4.69) is 0 Å². The van der Waals surface area contributed by atoms with Crippen LogP contribution < -0.4 is 9.80 Å². The van der Waals surface area contributed by atoms with Crippen LogP contribution in [0.15, 0.2) is 54.6 Å². The molecule has 3 N–H and O–H groups in total. The first-order valence-corrected chi connectivity index (χ1v) is 7.50. The molecular weight excluding hydrogens is 374 g/mol. The van der Waals surface area contributed by atoms with Crippen molar-refractivity contribution in [1.82, 2.24) is 0 Å². The Balaban J connectivity index is 0.00000288. The summed E-state index contributed by atoms with van der Waals surface area (Å²) in [7, 11) is 0. The molecule has 1 atom stereocenters. The first-order valence-electron chi connectivity index (χ1n) is 7.12. The molecule has 0 saturated carbocycles. The number of hydroxylamine groups is 1. The van der Waals surface area contributed by atoms with E-state index in [1.807, 2.05) is 18.2 Å². The molecule has 0 aliphatic heterocycles. The molecule has 0 amide bonds. The number of halogens is 1. The van der Waals surface area contributed by atoms with E-state index in [-0.39, 0.29) is 56.4 Å².